The summed E-state index contributed by atoms with van der Waals surface area (Å²) in [5.41, 5.74) is 0. The molecule has 0 aliphatic rings. The van der Waals surface area contributed by atoms with Gasteiger partial charge in [0.05, 0.1) is 0 Å². The van der Waals surface area contributed by atoms with E-state index in [1.54, 1.807) is 0 Å². The molecule has 0 bridgehead atoms. The summed E-state index contributed by atoms with van der Waals surface area (Å²) in [4.78, 5) is 8.24. The molecule has 0 fully saturated rings. The van der Waals surface area contributed by atoms with Crippen LogP contribution in [0.4, 0.5) is 0 Å². The normalized spacial score (nSPS) is 2.40. The van der Waals surface area contributed by atoms with Crippen molar-refractivity contribution in [3.8, 4) is 0 Å². The zero-order valence-corrected chi connectivity index (χ0v) is 4.20. The second-order valence-electron chi connectivity index (χ2n) is 0.0913. The van der Waals surface area contributed by atoms with Crippen molar-refractivity contribution in [2.24, 2.45) is 0 Å². The fourth-order valence-electron chi connectivity index (χ4n) is 0. The number of hydrogen-bond donors (Lipinski definition) is 1. The van der Waals surface area contributed by atoms with Crippen molar-refractivity contribution in [1.29, 1.82) is 0 Å². The molecule has 0 amide bonds. The van der Waals surface area contributed by atoms with E-state index in [1.165, 1.54) is 0 Å². The Morgan fingerprint density at radius 1 is 1.60 bits per heavy atom. The van der Waals surface area contributed by atoms with Gasteiger partial charge >= 0.3 is 18.6 Å². The van der Waals surface area contributed by atoms with Gasteiger partial charge in [0.1, 0.15) is 0 Å². The van der Waals surface area contributed by atoms with Crippen molar-refractivity contribution in [3.63, 3.8) is 0 Å². The van der Waals surface area contributed by atoms with E-state index < -0.39 is 0 Å². The van der Waals surface area contributed by atoms with Crippen LogP contribution in [0.3, 0.4) is 0 Å². The van der Waals surface area contributed by atoms with Crippen molar-refractivity contribution < 1.29 is 28.5 Å². The number of rotatable bonds is 0. The first kappa shape index (κ1) is 19.7. The second-order valence-corrected chi connectivity index (χ2v) is 0.0913. The summed E-state index contributed by atoms with van der Waals surface area (Å²) in [6, 6.07) is 0. The van der Waals surface area contributed by atoms with Crippen molar-refractivity contribution in [3.05, 3.63) is 7.43 Å². The minimum atomic E-state index is 0. The molecule has 0 saturated carbocycles. The third-order valence-electron chi connectivity index (χ3n) is 0. The molecule has 1 radical (unpaired) electrons. The monoisotopic (exact) mass is 111 g/mol. The fraction of sp³-hybridized carbons (Fsp3) is 0. The fourth-order valence-corrected chi connectivity index (χ4v) is 0. The van der Waals surface area contributed by atoms with Gasteiger partial charge in [-0.3, -0.25) is 0 Å². The van der Waals surface area contributed by atoms with Crippen LogP contribution in [0, 0.1) is 7.43 Å². The van der Waals surface area contributed by atoms with Gasteiger partial charge in [-0.25, -0.2) is 0 Å². The molecular formula is C2H4O2V. The predicted octanol–water partition coefficient (Wildman–Crippen LogP) is 0.0594. The van der Waals surface area contributed by atoms with Gasteiger partial charge in [0.2, 0.25) is 0 Å². The number of aliphatic hydroxyl groups excluding tert-OH is 1. The van der Waals surface area contributed by atoms with Crippen LogP contribution >= 0.6 is 0 Å². The van der Waals surface area contributed by atoms with E-state index in [0.717, 1.165) is 0 Å². The Balaban J connectivity index is -0.0000000200. The first-order chi connectivity index (χ1) is 1.41. The molecule has 0 aromatic heterocycles. The Morgan fingerprint density at radius 2 is 1.60 bits per heavy atom. The summed E-state index contributed by atoms with van der Waals surface area (Å²) >= 11 is 0. The van der Waals surface area contributed by atoms with E-state index >= 15 is 0 Å². The molecule has 0 atom stereocenters. The smallest absolute Gasteiger partial charge is 0.665 e. The van der Waals surface area contributed by atoms with Gasteiger partial charge in [0, 0.05) is 0 Å². The topological polar surface area (TPSA) is 37.3 Å². The zero-order valence-electron chi connectivity index (χ0n) is 2.80. The van der Waals surface area contributed by atoms with Gasteiger partial charge < -0.3 is 17.3 Å². The van der Waals surface area contributed by atoms with Crippen LogP contribution in [-0.2, 0) is 23.4 Å². The van der Waals surface area contributed by atoms with Crippen molar-refractivity contribution in [1.82, 2.24) is 0 Å². The van der Waals surface area contributed by atoms with Crippen LogP contribution in [-0.4, -0.2) is 11.6 Å². The Labute approximate surface area is 43.1 Å². The molecule has 0 rings (SSSR count). The molecule has 5 heavy (non-hydrogen) atoms. The molecule has 3 heteroatoms. The van der Waals surface area contributed by atoms with Crippen molar-refractivity contribution >= 4 is 6.47 Å². The average Bonchev–Trinajstić information content (AvgIpc) is 0.918. The number of hydrogen-bond acceptors (Lipinski definition) is 1. The standard InChI is InChI=1S/CHO2.CH3.V/c2-1-3;;/h(H,2,3);1H3;/q2*-1;+2. The first-order valence-electron chi connectivity index (χ1n) is 0.428. The molecule has 0 saturated heterocycles. The van der Waals surface area contributed by atoms with E-state index in [2.05, 4.69) is 0 Å². The van der Waals surface area contributed by atoms with E-state index in [9.17, 15) is 0 Å². The third kappa shape index (κ3) is 5780. The SMILES string of the molecule is O=[C-]O.[CH3-].[V+2]. The average molecular weight is 111 g/mol. The molecule has 0 heterocycles. The van der Waals surface area contributed by atoms with Gasteiger partial charge in [-0.2, -0.15) is 0 Å². The minimum absolute atomic E-state index is 0. The van der Waals surface area contributed by atoms with Crippen molar-refractivity contribution in [2.45, 2.75) is 0 Å². The molecule has 0 aliphatic carbocycles. The minimum Gasteiger partial charge on any atom is -0.665 e. The van der Waals surface area contributed by atoms with Gasteiger partial charge in [-0.05, 0) is 0 Å². The summed E-state index contributed by atoms with van der Waals surface area (Å²) in [7, 11) is 0. The van der Waals surface area contributed by atoms with Crippen LogP contribution in [0.1, 0.15) is 0 Å². The van der Waals surface area contributed by atoms with Gasteiger partial charge in [0.15, 0.2) is 0 Å². The summed E-state index contributed by atoms with van der Waals surface area (Å²) in [5.74, 6) is 0. The van der Waals surface area contributed by atoms with Crippen LogP contribution in [0.15, 0.2) is 0 Å². The van der Waals surface area contributed by atoms with Crippen LogP contribution < -0.4 is 0 Å². The summed E-state index contributed by atoms with van der Waals surface area (Å²) in [6.07, 6.45) is 0. The largest absolute Gasteiger partial charge is 2.00 e. The summed E-state index contributed by atoms with van der Waals surface area (Å²) in [5, 5.41) is 6.76. The molecule has 0 aromatic carbocycles. The summed E-state index contributed by atoms with van der Waals surface area (Å²) in [6.45, 7) is 0.500. The Bertz CT molecular complexity index is 15.1. The van der Waals surface area contributed by atoms with E-state index in [0.29, 0.717) is 6.47 Å². The molecule has 0 spiro atoms. The van der Waals surface area contributed by atoms with Gasteiger partial charge in [-0.15, -0.1) is 0 Å². The second kappa shape index (κ2) is 34.0. The molecule has 29 valence electrons. The maximum absolute atomic E-state index is 8.24. The molecule has 0 aromatic rings. The summed E-state index contributed by atoms with van der Waals surface area (Å²) < 4.78 is 0. The van der Waals surface area contributed by atoms with Crippen LogP contribution in [0.2, 0.25) is 0 Å². The van der Waals surface area contributed by atoms with Gasteiger partial charge in [-0.1, -0.05) is 6.47 Å². The predicted molar refractivity (Wildman–Crippen MR) is 14.7 cm³/mol. The third-order valence-corrected chi connectivity index (χ3v) is 0. The molecule has 2 nitrogen and oxygen atoms in total. The quantitative estimate of drug-likeness (QED) is 0.449. The zero-order chi connectivity index (χ0) is 2.71. The van der Waals surface area contributed by atoms with Gasteiger partial charge in [0.25, 0.3) is 0 Å². The Morgan fingerprint density at radius 3 is 1.60 bits per heavy atom. The molecule has 0 unspecified atom stereocenters. The van der Waals surface area contributed by atoms with E-state index in [1.807, 2.05) is 0 Å². The van der Waals surface area contributed by atoms with Crippen LogP contribution in [0.25, 0.3) is 0 Å². The van der Waals surface area contributed by atoms with Crippen molar-refractivity contribution in [2.75, 3.05) is 0 Å². The Kier molecular flexibility index (Phi) is 134. The molecule has 0 aliphatic heterocycles. The Hall–Kier alpha value is 0.0544. The van der Waals surface area contributed by atoms with Crippen LogP contribution in [0.5, 0.6) is 0 Å². The molecule has 1 N–H and O–H groups in total. The maximum atomic E-state index is 8.24. The first-order valence-corrected chi connectivity index (χ1v) is 0.428. The maximum Gasteiger partial charge on any atom is 2.00 e. The molecular weight excluding hydrogens is 107 g/mol. The van der Waals surface area contributed by atoms with E-state index in [4.69, 9.17) is 9.90 Å². The van der Waals surface area contributed by atoms with E-state index in [-0.39, 0.29) is 26.0 Å².